The van der Waals surface area contributed by atoms with Gasteiger partial charge in [-0.1, -0.05) is 6.42 Å². The maximum atomic E-state index is 5.84. The molecule has 2 atom stereocenters. The van der Waals surface area contributed by atoms with E-state index in [9.17, 15) is 0 Å². The molecule has 1 aliphatic heterocycles. The lowest BCUT2D eigenvalue weighted by Crippen LogP contribution is -2.51. The Morgan fingerprint density at radius 1 is 1.29 bits per heavy atom. The second-order valence-corrected chi connectivity index (χ2v) is 5.33. The lowest BCUT2D eigenvalue weighted by molar-refractivity contribution is -0.932. The van der Waals surface area contributed by atoms with Gasteiger partial charge in [-0.3, -0.25) is 4.48 Å². The molecule has 82 valence electrons. The number of nitrogens with zero attached hydrogens (tertiary/aromatic N) is 1. The second-order valence-electron chi connectivity index (χ2n) is 5.03. The van der Waals surface area contributed by atoms with Crippen molar-refractivity contribution < 1.29 is 9.22 Å². The lowest BCUT2D eigenvalue weighted by Gasteiger charge is -2.38. The molecule has 0 bridgehead atoms. The largest absolute Gasteiger partial charge is 0.321 e. The standard InChI is InChI=1S/C11H21ClNO/c1-13(8-11(7-12)14-9-13)10-5-3-2-4-6-10/h10-11H,2-9H2,1H3/q+1. The highest BCUT2D eigenvalue weighted by molar-refractivity contribution is 6.18. The van der Waals surface area contributed by atoms with Gasteiger partial charge in [0.25, 0.3) is 0 Å². The predicted octanol–water partition coefficient (Wildman–Crippen LogP) is 2.36. The number of quaternary nitrogens is 1. The number of rotatable bonds is 2. The first-order chi connectivity index (χ1) is 6.74. The van der Waals surface area contributed by atoms with Gasteiger partial charge in [0.2, 0.25) is 0 Å². The van der Waals surface area contributed by atoms with Gasteiger partial charge in [0.1, 0.15) is 12.6 Å². The Bertz CT molecular complexity index is 194. The van der Waals surface area contributed by atoms with Crippen LogP contribution >= 0.6 is 11.6 Å². The van der Waals surface area contributed by atoms with Crippen molar-refractivity contribution in [3.05, 3.63) is 0 Å². The molecule has 1 aliphatic carbocycles. The van der Waals surface area contributed by atoms with Crippen LogP contribution in [0.5, 0.6) is 0 Å². The van der Waals surface area contributed by atoms with Crippen LogP contribution in [0.4, 0.5) is 0 Å². The predicted molar refractivity (Wildman–Crippen MR) is 58.4 cm³/mol. The van der Waals surface area contributed by atoms with Crippen LogP contribution in [0.15, 0.2) is 0 Å². The van der Waals surface area contributed by atoms with Crippen LogP contribution in [0.2, 0.25) is 0 Å². The normalized spacial score (nSPS) is 40.3. The van der Waals surface area contributed by atoms with Crippen molar-refractivity contribution in [2.45, 2.75) is 44.2 Å². The third-order valence-electron chi connectivity index (χ3n) is 3.85. The number of likely N-dealkylation sites (N-methyl/N-ethyl adjacent to an activating group) is 1. The van der Waals surface area contributed by atoms with E-state index in [1.807, 2.05) is 0 Å². The molecule has 2 aliphatic rings. The topological polar surface area (TPSA) is 9.23 Å². The van der Waals surface area contributed by atoms with Crippen molar-refractivity contribution in [3.8, 4) is 0 Å². The van der Waals surface area contributed by atoms with Gasteiger partial charge in [0, 0.05) is 0 Å². The van der Waals surface area contributed by atoms with E-state index in [0.717, 1.165) is 23.8 Å². The minimum Gasteiger partial charge on any atom is -0.321 e. The van der Waals surface area contributed by atoms with E-state index in [0.29, 0.717) is 12.0 Å². The molecule has 0 spiro atoms. The van der Waals surface area contributed by atoms with E-state index in [1.165, 1.54) is 32.1 Å². The zero-order valence-electron chi connectivity index (χ0n) is 9.04. The van der Waals surface area contributed by atoms with E-state index in [4.69, 9.17) is 16.3 Å². The quantitative estimate of drug-likeness (QED) is 0.511. The average molecular weight is 219 g/mol. The summed E-state index contributed by atoms with van der Waals surface area (Å²) >= 11 is 5.84. The van der Waals surface area contributed by atoms with Crippen molar-refractivity contribution >= 4 is 11.6 Å². The molecular weight excluding hydrogens is 198 g/mol. The molecule has 2 fully saturated rings. The Hall–Kier alpha value is 0.210. The maximum absolute atomic E-state index is 5.84. The molecule has 1 saturated heterocycles. The number of ether oxygens (including phenoxy) is 1. The molecule has 2 rings (SSSR count). The molecule has 0 N–H and O–H groups in total. The number of alkyl halides is 1. The molecule has 2 unspecified atom stereocenters. The van der Waals surface area contributed by atoms with Crippen molar-refractivity contribution in [2.24, 2.45) is 0 Å². The smallest absolute Gasteiger partial charge is 0.183 e. The number of hydrogen-bond donors (Lipinski definition) is 0. The van der Waals surface area contributed by atoms with Gasteiger partial charge in [-0.15, -0.1) is 11.6 Å². The fraction of sp³-hybridized carbons (Fsp3) is 1.00. The Labute approximate surface area is 91.8 Å². The Kier molecular flexibility index (Phi) is 3.35. The lowest BCUT2D eigenvalue weighted by atomic mass is 9.93. The van der Waals surface area contributed by atoms with Gasteiger partial charge >= 0.3 is 0 Å². The van der Waals surface area contributed by atoms with Gasteiger partial charge in [0.05, 0.1) is 19.0 Å². The van der Waals surface area contributed by atoms with Gasteiger partial charge < -0.3 is 4.74 Å². The van der Waals surface area contributed by atoms with Crippen LogP contribution in [0.1, 0.15) is 32.1 Å². The second kappa shape index (κ2) is 4.38. The molecule has 2 nitrogen and oxygen atoms in total. The van der Waals surface area contributed by atoms with E-state index in [-0.39, 0.29) is 0 Å². The zero-order valence-corrected chi connectivity index (χ0v) is 9.80. The third kappa shape index (κ3) is 2.07. The fourth-order valence-corrected chi connectivity index (χ4v) is 3.09. The fourth-order valence-electron chi connectivity index (χ4n) is 2.90. The third-order valence-corrected chi connectivity index (χ3v) is 4.20. The van der Waals surface area contributed by atoms with Gasteiger partial charge in [-0.2, -0.15) is 0 Å². The van der Waals surface area contributed by atoms with Crippen molar-refractivity contribution in [1.29, 1.82) is 0 Å². The molecule has 1 saturated carbocycles. The monoisotopic (exact) mass is 218 g/mol. The molecule has 1 heterocycles. The summed E-state index contributed by atoms with van der Waals surface area (Å²) in [6, 6.07) is 0.831. The summed E-state index contributed by atoms with van der Waals surface area (Å²) < 4.78 is 6.82. The van der Waals surface area contributed by atoms with E-state index < -0.39 is 0 Å². The molecule has 0 aromatic rings. The Morgan fingerprint density at radius 2 is 2.00 bits per heavy atom. The summed E-state index contributed by atoms with van der Waals surface area (Å²) in [6.45, 7) is 2.00. The summed E-state index contributed by atoms with van der Waals surface area (Å²) in [6.07, 6.45) is 7.30. The van der Waals surface area contributed by atoms with Crippen molar-refractivity contribution in [2.75, 3.05) is 26.2 Å². The minimum atomic E-state index is 0.295. The highest BCUT2D eigenvalue weighted by Crippen LogP contribution is 2.30. The van der Waals surface area contributed by atoms with Crippen LogP contribution in [0.25, 0.3) is 0 Å². The van der Waals surface area contributed by atoms with Gasteiger partial charge in [-0.25, -0.2) is 0 Å². The van der Waals surface area contributed by atoms with Crippen molar-refractivity contribution in [3.63, 3.8) is 0 Å². The van der Waals surface area contributed by atoms with Gasteiger partial charge in [0.15, 0.2) is 6.73 Å². The van der Waals surface area contributed by atoms with Gasteiger partial charge in [-0.05, 0) is 25.7 Å². The summed E-state index contributed by atoms with van der Waals surface area (Å²) in [5.41, 5.74) is 0. The molecule has 0 aromatic heterocycles. The summed E-state index contributed by atoms with van der Waals surface area (Å²) in [5.74, 6) is 0.653. The van der Waals surface area contributed by atoms with Crippen LogP contribution in [0, 0.1) is 0 Å². The van der Waals surface area contributed by atoms with Crippen molar-refractivity contribution in [1.82, 2.24) is 0 Å². The van der Waals surface area contributed by atoms with E-state index >= 15 is 0 Å². The number of hydrogen-bond acceptors (Lipinski definition) is 1. The van der Waals surface area contributed by atoms with Crippen LogP contribution in [-0.2, 0) is 4.74 Å². The molecule has 0 radical (unpaired) electrons. The van der Waals surface area contributed by atoms with Crippen LogP contribution in [-0.4, -0.2) is 42.8 Å². The summed E-state index contributed by atoms with van der Waals surface area (Å²) in [5, 5.41) is 0. The van der Waals surface area contributed by atoms with Crippen LogP contribution in [0.3, 0.4) is 0 Å². The van der Waals surface area contributed by atoms with E-state index in [2.05, 4.69) is 7.05 Å². The Morgan fingerprint density at radius 3 is 2.57 bits per heavy atom. The first-order valence-corrected chi connectivity index (χ1v) is 6.30. The first-order valence-electron chi connectivity index (χ1n) is 5.76. The van der Waals surface area contributed by atoms with E-state index in [1.54, 1.807) is 0 Å². The summed E-state index contributed by atoms with van der Waals surface area (Å²) in [4.78, 5) is 0. The maximum Gasteiger partial charge on any atom is 0.183 e. The molecule has 0 amide bonds. The molecular formula is C11H21ClNO+. The van der Waals surface area contributed by atoms with Crippen LogP contribution < -0.4 is 0 Å². The number of halogens is 1. The zero-order chi connectivity index (χ0) is 10.0. The minimum absolute atomic E-state index is 0.295. The SMILES string of the molecule is C[N+]1(C2CCCCC2)COC(CCl)C1. The Balaban J connectivity index is 1.94. The highest BCUT2D eigenvalue weighted by Gasteiger charge is 2.41. The average Bonchev–Trinajstić information content (AvgIpc) is 2.63. The molecule has 3 heteroatoms. The first kappa shape index (κ1) is 10.7. The molecule has 0 aromatic carbocycles. The molecule has 14 heavy (non-hydrogen) atoms. The summed E-state index contributed by atoms with van der Waals surface area (Å²) in [7, 11) is 2.34. The highest BCUT2D eigenvalue weighted by atomic mass is 35.5.